The second-order valence-corrected chi connectivity index (χ2v) is 7.63. The Morgan fingerprint density at radius 1 is 1.32 bits per heavy atom. The maximum atomic E-state index is 12.5. The quantitative estimate of drug-likeness (QED) is 0.857. The first-order valence-corrected chi connectivity index (χ1v) is 8.54. The van der Waals surface area contributed by atoms with Gasteiger partial charge in [-0.2, -0.15) is 5.26 Å². The molecule has 0 radical (unpaired) electrons. The molecule has 0 saturated heterocycles. The lowest BCUT2D eigenvalue weighted by atomic mass is 9.92. The highest BCUT2D eigenvalue weighted by atomic mass is 16.5. The Kier molecular flexibility index (Phi) is 5.86. The van der Waals surface area contributed by atoms with E-state index in [1.807, 2.05) is 43.3 Å². The molecular weight excluding hydrogens is 316 g/mol. The lowest BCUT2D eigenvalue weighted by Crippen LogP contribution is -2.44. The van der Waals surface area contributed by atoms with Crippen molar-refractivity contribution in [1.82, 2.24) is 4.90 Å². The Bertz CT molecular complexity index is 683. The molecule has 25 heavy (non-hydrogen) atoms. The number of benzene rings is 1. The van der Waals surface area contributed by atoms with E-state index in [0.717, 1.165) is 12.0 Å². The van der Waals surface area contributed by atoms with Gasteiger partial charge in [0, 0.05) is 6.54 Å². The predicted molar refractivity (Wildman–Crippen MR) is 95.5 cm³/mol. The van der Waals surface area contributed by atoms with Crippen LogP contribution in [0.2, 0.25) is 0 Å². The van der Waals surface area contributed by atoms with Crippen molar-refractivity contribution in [2.75, 3.05) is 6.54 Å². The summed E-state index contributed by atoms with van der Waals surface area (Å²) >= 11 is 0. The van der Waals surface area contributed by atoms with Crippen molar-refractivity contribution >= 4 is 5.91 Å². The van der Waals surface area contributed by atoms with E-state index >= 15 is 0 Å². The number of nitrogens with zero attached hydrogens (tertiary/aromatic N) is 2. The number of aliphatic hydroxyl groups excluding tert-OH is 1. The summed E-state index contributed by atoms with van der Waals surface area (Å²) in [7, 11) is 0. The van der Waals surface area contributed by atoms with Crippen LogP contribution in [0.5, 0.6) is 0 Å². The first kappa shape index (κ1) is 19.0. The lowest BCUT2D eigenvalue weighted by molar-refractivity contribution is -0.130. The third kappa shape index (κ3) is 4.61. The number of aliphatic hydroxyl groups is 1. The summed E-state index contributed by atoms with van der Waals surface area (Å²) in [6.45, 7) is 8.96. The van der Waals surface area contributed by atoms with E-state index < -0.39 is 18.1 Å². The fourth-order valence-electron chi connectivity index (χ4n) is 2.85. The van der Waals surface area contributed by atoms with Crippen molar-refractivity contribution in [3.8, 4) is 6.07 Å². The molecular formula is C20H26N2O3. The SMILES string of the molecule is CC(OCc1ccccc1)C1C(O)=C(C#N)C(=O)N1CCC(C)(C)C. The average molecular weight is 342 g/mol. The van der Waals surface area contributed by atoms with E-state index in [1.54, 1.807) is 4.90 Å². The normalized spacial score (nSPS) is 19.2. The van der Waals surface area contributed by atoms with Gasteiger partial charge in [-0.25, -0.2) is 0 Å². The highest BCUT2D eigenvalue weighted by Crippen LogP contribution is 2.30. The van der Waals surface area contributed by atoms with Crippen LogP contribution in [0.4, 0.5) is 0 Å². The van der Waals surface area contributed by atoms with Crippen molar-refractivity contribution in [2.45, 2.75) is 52.9 Å². The minimum Gasteiger partial charge on any atom is -0.508 e. The van der Waals surface area contributed by atoms with Crippen LogP contribution in [-0.2, 0) is 16.1 Å². The molecule has 1 N–H and O–H groups in total. The highest BCUT2D eigenvalue weighted by Gasteiger charge is 2.43. The van der Waals surface area contributed by atoms with Crippen molar-refractivity contribution in [3.05, 3.63) is 47.2 Å². The molecule has 0 aromatic heterocycles. The number of nitriles is 1. The second-order valence-electron chi connectivity index (χ2n) is 7.63. The summed E-state index contributed by atoms with van der Waals surface area (Å²) < 4.78 is 5.89. The molecule has 134 valence electrons. The number of carbonyl (C=O) groups excluding carboxylic acids is 1. The van der Waals surface area contributed by atoms with Gasteiger partial charge >= 0.3 is 0 Å². The zero-order valence-electron chi connectivity index (χ0n) is 15.3. The van der Waals surface area contributed by atoms with Gasteiger partial charge in [0.25, 0.3) is 5.91 Å². The van der Waals surface area contributed by atoms with Crippen LogP contribution < -0.4 is 0 Å². The average Bonchev–Trinajstić information content (AvgIpc) is 2.80. The van der Waals surface area contributed by atoms with Crippen molar-refractivity contribution in [3.63, 3.8) is 0 Å². The van der Waals surface area contributed by atoms with Crippen LogP contribution in [0.3, 0.4) is 0 Å². The highest BCUT2D eigenvalue weighted by molar-refractivity contribution is 6.00. The van der Waals surface area contributed by atoms with Crippen molar-refractivity contribution in [1.29, 1.82) is 5.26 Å². The molecule has 1 amide bonds. The molecule has 5 nitrogen and oxygen atoms in total. The molecule has 1 heterocycles. The Hall–Kier alpha value is -2.32. The summed E-state index contributed by atoms with van der Waals surface area (Å²) in [6.07, 6.45) is 0.349. The Balaban J connectivity index is 2.13. The van der Waals surface area contributed by atoms with Crippen molar-refractivity contribution < 1.29 is 14.6 Å². The Labute approximate surface area is 149 Å². The van der Waals surface area contributed by atoms with E-state index in [4.69, 9.17) is 4.74 Å². The van der Waals surface area contributed by atoms with Gasteiger partial charge in [-0.05, 0) is 24.3 Å². The monoisotopic (exact) mass is 342 g/mol. The van der Waals surface area contributed by atoms with Gasteiger partial charge in [-0.3, -0.25) is 4.79 Å². The Morgan fingerprint density at radius 2 is 1.96 bits per heavy atom. The minimum atomic E-state index is -0.617. The number of hydrogen-bond acceptors (Lipinski definition) is 4. The molecule has 1 aromatic carbocycles. The fraction of sp³-hybridized carbons (Fsp3) is 0.500. The minimum absolute atomic E-state index is 0.0456. The van der Waals surface area contributed by atoms with E-state index in [9.17, 15) is 15.2 Å². The zero-order valence-corrected chi connectivity index (χ0v) is 15.3. The lowest BCUT2D eigenvalue weighted by Gasteiger charge is -2.32. The van der Waals surface area contributed by atoms with E-state index in [0.29, 0.717) is 13.2 Å². The molecule has 1 aliphatic heterocycles. The molecule has 0 fully saturated rings. The molecule has 0 bridgehead atoms. The summed E-state index contributed by atoms with van der Waals surface area (Å²) in [5.74, 6) is -0.591. The smallest absolute Gasteiger partial charge is 0.268 e. The summed E-state index contributed by atoms with van der Waals surface area (Å²) in [4.78, 5) is 14.0. The third-order valence-electron chi connectivity index (χ3n) is 4.36. The summed E-state index contributed by atoms with van der Waals surface area (Å²) in [5.41, 5.74) is 0.891. The van der Waals surface area contributed by atoms with E-state index in [2.05, 4.69) is 20.8 Å². The van der Waals surface area contributed by atoms with Crippen LogP contribution in [-0.4, -0.2) is 34.6 Å². The molecule has 2 rings (SSSR count). The molecule has 1 aromatic rings. The molecule has 1 aliphatic rings. The number of rotatable bonds is 6. The number of carbonyl (C=O) groups is 1. The molecule has 0 saturated carbocycles. The van der Waals surface area contributed by atoms with Gasteiger partial charge in [0.05, 0.1) is 12.7 Å². The van der Waals surface area contributed by atoms with Crippen LogP contribution in [0.1, 0.15) is 39.7 Å². The number of amides is 1. The van der Waals surface area contributed by atoms with E-state index in [1.165, 1.54) is 0 Å². The molecule has 5 heteroatoms. The van der Waals surface area contributed by atoms with Gasteiger partial charge < -0.3 is 14.7 Å². The van der Waals surface area contributed by atoms with Gasteiger partial charge in [0.15, 0.2) is 5.57 Å². The number of hydrogen-bond donors (Lipinski definition) is 1. The maximum absolute atomic E-state index is 12.5. The van der Waals surface area contributed by atoms with Crippen LogP contribution in [0.15, 0.2) is 41.7 Å². The fourth-order valence-corrected chi connectivity index (χ4v) is 2.85. The van der Waals surface area contributed by atoms with E-state index in [-0.39, 0.29) is 16.7 Å². The first-order chi connectivity index (χ1) is 11.7. The second kappa shape index (κ2) is 7.71. The van der Waals surface area contributed by atoms with Crippen LogP contribution >= 0.6 is 0 Å². The standard InChI is InChI=1S/C20H26N2O3/c1-14(25-13-15-8-6-5-7-9-15)17-18(23)16(12-21)19(24)22(17)11-10-20(2,3)4/h5-9,14,17,23H,10-11,13H2,1-4H3. The Morgan fingerprint density at radius 3 is 2.52 bits per heavy atom. The zero-order chi connectivity index (χ0) is 18.6. The van der Waals surface area contributed by atoms with Crippen LogP contribution in [0.25, 0.3) is 0 Å². The first-order valence-electron chi connectivity index (χ1n) is 8.54. The molecule has 0 aliphatic carbocycles. The largest absolute Gasteiger partial charge is 0.508 e. The summed E-state index contributed by atoms with van der Waals surface area (Å²) in [5, 5.41) is 19.6. The topological polar surface area (TPSA) is 73.6 Å². The van der Waals surface area contributed by atoms with Crippen molar-refractivity contribution in [2.24, 2.45) is 5.41 Å². The van der Waals surface area contributed by atoms with Gasteiger partial charge in [-0.1, -0.05) is 51.1 Å². The predicted octanol–water partition coefficient (Wildman–Crippen LogP) is 3.57. The van der Waals surface area contributed by atoms with Gasteiger partial charge in [0.1, 0.15) is 17.9 Å². The van der Waals surface area contributed by atoms with Gasteiger partial charge in [0.2, 0.25) is 0 Å². The molecule has 0 spiro atoms. The third-order valence-corrected chi connectivity index (χ3v) is 4.36. The number of ether oxygens (including phenoxy) is 1. The van der Waals surface area contributed by atoms with Crippen LogP contribution in [0, 0.1) is 16.7 Å². The molecule has 2 atom stereocenters. The molecule has 2 unspecified atom stereocenters. The van der Waals surface area contributed by atoms with Gasteiger partial charge in [-0.15, -0.1) is 0 Å². The maximum Gasteiger partial charge on any atom is 0.268 e. The summed E-state index contributed by atoms with van der Waals surface area (Å²) in [6, 6.07) is 10.9.